The molecule has 4 heteroatoms. The molecule has 0 aliphatic rings. The van der Waals surface area contributed by atoms with E-state index >= 15 is 0 Å². The highest BCUT2D eigenvalue weighted by molar-refractivity contribution is 6.22. The number of methoxy groups -OCH3 is 1. The van der Waals surface area contributed by atoms with Gasteiger partial charge in [0, 0.05) is 17.7 Å². The van der Waals surface area contributed by atoms with Crippen molar-refractivity contribution in [3.05, 3.63) is 64.7 Å². The lowest BCUT2D eigenvalue weighted by molar-refractivity contribution is 0.405. The number of ether oxygens (including phenoxy) is 1. The van der Waals surface area contributed by atoms with Crippen LogP contribution in [0.25, 0.3) is 0 Å². The zero-order valence-electron chi connectivity index (χ0n) is 10.6. The third-order valence-electron chi connectivity index (χ3n) is 3.00. The number of hydrogen-bond donors (Lipinski definition) is 0. The predicted molar refractivity (Wildman–Crippen MR) is 71.8 cm³/mol. The van der Waals surface area contributed by atoms with Crippen LogP contribution in [0.1, 0.15) is 22.1 Å². The first-order valence-corrected chi connectivity index (χ1v) is 6.20. The number of rotatable bonds is 3. The van der Waals surface area contributed by atoms with Gasteiger partial charge in [-0.25, -0.2) is 8.78 Å². The quantitative estimate of drug-likeness (QED) is 0.747. The number of benzene rings is 2. The maximum atomic E-state index is 14.0. The van der Waals surface area contributed by atoms with Gasteiger partial charge in [-0.3, -0.25) is 0 Å². The summed E-state index contributed by atoms with van der Waals surface area (Å²) < 4.78 is 32.7. The largest absolute Gasteiger partial charge is 0.497 e. The van der Waals surface area contributed by atoms with E-state index in [2.05, 4.69) is 0 Å². The Morgan fingerprint density at radius 2 is 1.68 bits per heavy atom. The molecule has 100 valence electrons. The summed E-state index contributed by atoms with van der Waals surface area (Å²) in [6.45, 7) is 1.85. The van der Waals surface area contributed by atoms with Crippen molar-refractivity contribution in [1.29, 1.82) is 0 Å². The molecule has 0 saturated carbocycles. The third-order valence-corrected chi connectivity index (χ3v) is 3.46. The van der Waals surface area contributed by atoms with Gasteiger partial charge in [0.2, 0.25) is 0 Å². The molecule has 2 aromatic rings. The molecule has 0 N–H and O–H groups in total. The Morgan fingerprint density at radius 1 is 1.11 bits per heavy atom. The van der Waals surface area contributed by atoms with E-state index in [4.69, 9.17) is 16.3 Å². The molecule has 19 heavy (non-hydrogen) atoms. The van der Waals surface area contributed by atoms with E-state index in [0.29, 0.717) is 5.56 Å². The Hall–Kier alpha value is -1.61. The molecule has 0 saturated heterocycles. The van der Waals surface area contributed by atoms with Crippen LogP contribution in [-0.4, -0.2) is 7.11 Å². The number of halogens is 3. The van der Waals surface area contributed by atoms with E-state index in [9.17, 15) is 8.78 Å². The predicted octanol–water partition coefficient (Wildman–Crippen LogP) is 4.61. The second-order valence-electron chi connectivity index (χ2n) is 4.22. The standard InChI is InChI=1S/C15H13ClF2O/c1-9-5-3-4-6-11(9)15(16)14-12(17)7-10(19-2)8-13(14)18/h3-8,15H,1-2H3. The minimum Gasteiger partial charge on any atom is -0.497 e. The Labute approximate surface area is 115 Å². The molecule has 0 aliphatic heterocycles. The first kappa shape index (κ1) is 13.8. The second-order valence-corrected chi connectivity index (χ2v) is 4.66. The Kier molecular flexibility index (Phi) is 4.05. The second kappa shape index (κ2) is 5.57. The van der Waals surface area contributed by atoms with Crippen molar-refractivity contribution in [2.45, 2.75) is 12.3 Å². The van der Waals surface area contributed by atoms with Crippen LogP contribution >= 0.6 is 11.6 Å². The summed E-state index contributed by atoms with van der Waals surface area (Å²) in [5.74, 6) is -1.28. The van der Waals surface area contributed by atoms with Gasteiger partial charge in [0.15, 0.2) is 0 Å². The average Bonchev–Trinajstić information content (AvgIpc) is 2.38. The van der Waals surface area contributed by atoms with Gasteiger partial charge in [-0.15, -0.1) is 11.6 Å². The first-order valence-electron chi connectivity index (χ1n) is 5.77. The Bertz CT molecular complexity index is 575. The molecule has 1 atom stereocenters. The summed E-state index contributed by atoms with van der Waals surface area (Å²) in [6, 6.07) is 9.51. The molecule has 2 rings (SSSR count). The van der Waals surface area contributed by atoms with Crippen molar-refractivity contribution < 1.29 is 13.5 Å². The Morgan fingerprint density at radius 3 is 2.21 bits per heavy atom. The van der Waals surface area contributed by atoms with Crippen LogP contribution in [-0.2, 0) is 0 Å². The van der Waals surface area contributed by atoms with Crippen LogP contribution in [0, 0.1) is 18.6 Å². The lowest BCUT2D eigenvalue weighted by atomic mass is 9.99. The fourth-order valence-corrected chi connectivity index (χ4v) is 2.40. The van der Waals surface area contributed by atoms with Gasteiger partial charge in [0.1, 0.15) is 17.4 Å². The lowest BCUT2D eigenvalue weighted by Crippen LogP contribution is -2.03. The minimum absolute atomic E-state index is 0.132. The van der Waals surface area contributed by atoms with Crippen LogP contribution in [0.4, 0.5) is 8.78 Å². The van der Waals surface area contributed by atoms with Crippen LogP contribution in [0.3, 0.4) is 0 Å². The minimum atomic E-state index is -0.868. The van der Waals surface area contributed by atoms with Gasteiger partial charge in [0.25, 0.3) is 0 Å². The zero-order chi connectivity index (χ0) is 14.0. The molecule has 1 nitrogen and oxygen atoms in total. The van der Waals surface area contributed by atoms with Crippen molar-refractivity contribution in [3.8, 4) is 5.75 Å². The van der Waals surface area contributed by atoms with Gasteiger partial charge in [-0.05, 0) is 18.1 Å². The first-order chi connectivity index (χ1) is 9.04. The Balaban J connectivity index is 2.50. The summed E-state index contributed by atoms with van der Waals surface area (Å²) in [5.41, 5.74) is 1.42. The summed E-state index contributed by atoms with van der Waals surface area (Å²) >= 11 is 6.22. The smallest absolute Gasteiger partial charge is 0.134 e. The van der Waals surface area contributed by atoms with Gasteiger partial charge in [-0.1, -0.05) is 24.3 Å². The van der Waals surface area contributed by atoms with Crippen molar-refractivity contribution in [3.63, 3.8) is 0 Å². The molecule has 0 spiro atoms. The molecule has 2 aromatic carbocycles. The zero-order valence-corrected chi connectivity index (χ0v) is 11.3. The number of alkyl halides is 1. The van der Waals surface area contributed by atoms with Crippen LogP contribution in [0.2, 0.25) is 0 Å². The molecule has 1 unspecified atom stereocenters. The third kappa shape index (κ3) is 2.71. The topological polar surface area (TPSA) is 9.23 Å². The summed E-state index contributed by atoms with van der Waals surface area (Å²) in [7, 11) is 1.35. The molecule has 0 bridgehead atoms. The van der Waals surface area contributed by atoms with E-state index in [0.717, 1.165) is 17.7 Å². The van der Waals surface area contributed by atoms with Crippen molar-refractivity contribution in [2.24, 2.45) is 0 Å². The monoisotopic (exact) mass is 282 g/mol. The summed E-state index contributed by atoms with van der Waals surface area (Å²) in [5, 5.41) is -0.868. The SMILES string of the molecule is COc1cc(F)c(C(Cl)c2ccccc2C)c(F)c1. The molecule has 0 amide bonds. The van der Waals surface area contributed by atoms with E-state index in [-0.39, 0.29) is 11.3 Å². The van der Waals surface area contributed by atoms with Crippen molar-refractivity contribution in [1.82, 2.24) is 0 Å². The van der Waals surface area contributed by atoms with E-state index in [1.54, 1.807) is 12.1 Å². The van der Waals surface area contributed by atoms with Gasteiger partial charge < -0.3 is 4.74 Å². The molecule has 0 fully saturated rings. The fraction of sp³-hybridized carbons (Fsp3) is 0.200. The molecule has 0 aromatic heterocycles. The van der Waals surface area contributed by atoms with Crippen molar-refractivity contribution >= 4 is 11.6 Å². The van der Waals surface area contributed by atoms with Gasteiger partial charge in [0.05, 0.1) is 12.5 Å². The maximum absolute atomic E-state index is 14.0. The molecule has 0 radical (unpaired) electrons. The van der Waals surface area contributed by atoms with Gasteiger partial charge in [-0.2, -0.15) is 0 Å². The van der Waals surface area contributed by atoms with E-state index < -0.39 is 17.0 Å². The number of hydrogen-bond acceptors (Lipinski definition) is 1. The van der Waals surface area contributed by atoms with Crippen LogP contribution < -0.4 is 4.74 Å². The highest BCUT2D eigenvalue weighted by Gasteiger charge is 2.22. The molecule has 0 heterocycles. The average molecular weight is 283 g/mol. The normalized spacial score (nSPS) is 12.3. The highest BCUT2D eigenvalue weighted by atomic mass is 35.5. The molecular weight excluding hydrogens is 270 g/mol. The van der Waals surface area contributed by atoms with E-state index in [1.165, 1.54) is 7.11 Å². The van der Waals surface area contributed by atoms with Crippen LogP contribution in [0.5, 0.6) is 5.75 Å². The molecule has 0 aliphatic carbocycles. The highest BCUT2D eigenvalue weighted by Crippen LogP contribution is 2.35. The lowest BCUT2D eigenvalue weighted by Gasteiger charge is -2.15. The summed E-state index contributed by atoms with van der Waals surface area (Å²) in [4.78, 5) is 0. The van der Waals surface area contributed by atoms with Gasteiger partial charge >= 0.3 is 0 Å². The number of aryl methyl sites for hydroxylation is 1. The molecular formula is C15H13ClF2O. The van der Waals surface area contributed by atoms with Crippen LogP contribution in [0.15, 0.2) is 36.4 Å². The fourth-order valence-electron chi connectivity index (χ4n) is 1.95. The summed E-state index contributed by atoms with van der Waals surface area (Å²) in [6.07, 6.45) is 0. The van der Waals surface area contributed by atoms with E-state index in [1.807, 2.05) is 19.1 Å². The maximum Gasteiger partial charge on any atom is 0.134 e. The van der Waals surface area contributed by atoms with Crippen molar-refractivity contribution in [2.75, 3.05) is 7.11 Å².